The molecule has 0 N–H and O–H groups in total. The van der Waals surface area contributed by atoms with Crippen LogP contribution in [0, 0.1) is 0 Å². The van der Waals surface area contributed by atoms with E-state index < -0.39 is 0 Å². The Kier molecular flexibility index (Phi) is 8.14. The number of hydrogen-bond acceptors (Lipinski definition) is 1. The van der Waals surface area contributed by atoms with Crippen molar-refractivity contribution >= 4 is 0 Å². The average Bonchev–Trinajstić information content (AvgIpc) is 1.69. The second kappa shape index (κ2) is 7.06. The monoisotopic (exact) mass is 176 g/mol. The molecule has 40 valence electrons. The van der Waals surface area contributed by atoms with Crippen molar-refractivity contribution in [3.05, 3.63) is 0 Å². The summed E-state index contributed by atoms with van der Waals surface area (Å²) in [6.07, 6.45) is 3.86. The molecule has 0 rings (SSSR count). The zero-order valence-corrected chi connectivity index (χ0v) is 7.65. The number of rotatable bonds is 4. The summed E-state index contributed by atoms with van der Waals surface area (Å²) in [7, 11) is 0. The van der Waals surface area contributed by atoms with E-state index >= 15 is 0 Å². The quantitative estimate of drug-likeness (QED) is 0.592. The summed E-state index contributed by atoms with van der Waals surface area (Å²) in [4.78, 5) is 0. The van der Waals surface area contributed by atoms with Crippen LogP contribution < -0.4 is 0 Å². The maximum atomic E-state index is 4.97. The van der Waals surface area contributed by atoms with E-state index in [4.69, 9.17) is 2.05 Å². The van der Waals surface area contributed by atoms with Gasteiger partial charge in [-0.3, -0.25) is 0 Å². The van der Waals surface area contributed by atoms with Crippen LogP contribution in [0.1, 0.15) is 26.2 Å². The van der Waals surface area contributed by atoms with Crippen LogP contribution in [0.25, 0.3) is 0 Å². The van der Waals surface area contributed by atoms with Gasteiger partial charge in [0.2, 0.25) is 0 Å². The van der Waals surface area contributed by atoms with Crippen LogP contribution >= 0.6 is 0 Å². The zero-order chi connectivity index (χ0) is 5.54. The Bertz CT molecular complexity index is 27.3. The molecule has 7 heavy (non-hydrogen) atoms. The summed E-state index contributed by atoms with van der Waals surface area (Å²) in [5, 5.41) is 0. The summed E-state index contributed by atoms with van der Waals surface area (Å²) < 4.78 is 4.97. The van der Waals surface area contributed by atoms with Crippen LogP contribution in [0.2, 0.25) is 0 Å². The third-order valence-electron chi connectivity index (χ3n) is 0.866. The van der Waals surface area contributed by atoms with Gasteiger partial charge in [-0.05, 0) is 0 Å². The molecular formula is C5H11OY. The molecule has 0 aliphatic carbocycles. The van der Waals surface area contributed by atoms with Crippen molar-refractivity contribution in [3.8, 4) is 0 Å². The fourth-order valence-corrected chi connectivity index (χ4v) is 0.845. The van der Waals surface area contributed by atoms with Gasteiger partial charge >= 0.3 is 66.3 Å². The van der Waals surface area contributed by atoms with Crippen LogP contribution in [0.15, 0.2) is 0 Å². The van der Waals surface area contributed by atoms with Crippen LogP contribution in [0.4, 0.5) is 0 Å². The summed E-state index contributed by atoms with van der Waals surface area (Å²) >= 11 is 0.960. The molecule has 0 radical (unpaired) electrons. The summed E-state index contributed by atoms with van der Waals surface area (Å²) in [5.41, 5.74) is 0. The minimum atomic E-state index is 0.960. The van der Waals surface area contributed by atoms with Crippen LogP contribution in [0.3, 0.4) is 0 Å². The predicted octanol–water partition coefficient (Wildman–Crippen LogP) is 1.66. The average molecular weight is 176 g/mol. The van der Waals surface area contributed by atoms with Gasteiger partial charge < -0.3 is 0 Å². The Labute approximate surface area is 66.1 Å². The van der Waals surface area contributed by atoms with Gasteiger partial charge in [0, 0.05) is 0 Å². The standard InChI is InChI=1S/C5H11O.Y/c1-2-3-4-5-6;/h2-5H2,1H3;/q-1;+1. The van der Waals surface area contributed by atoms with Crippen molar-refractivity contribution in [1.29, 1.82) is 0 Å². The van der Waals surface area contributed by atoms with Crippen molar-refractivity contribution < 1.29 is 33.5 Å². The number of unbranched alkanes of at least 4 members (excludes halogenated alkanes) is 2. The van der Waals surface area contributed by atoms with E-state index in [1.165, 1.54) is 19.3 Å². The fraction of sp³-hybridized carbons (Fsp3) is 1.00. The molecular weight excluding hydrogens is 165 g/mol. The molecule has 0 bridgehead atoms. The summed E-state index contributed by atoms with van der Waals surface area (Å²) in [6, 6.07) is 0. The maximum absolute atomic E-state index is 4.97. The first-order valence-electron chi connectivity index (χ1n) is 2.73. The van der Waals surface area contributed by atoms with E-state index in [2.05, 4.69) is 6.92 Å². The molecule has 0 aromatic carbocycles. The molecule has 0 amide bonds. The van der Waals surface area contributed by atoms with Crippen LogP contribution in [0.5, 0.6) is 0 Å². The number of hydrogen-bond donors (Lipinski definition) is 0. The van der Waals surface area contributed by atoms with Gasteiger partial charge in [0.15, 0.2) is 0 Å². The van der Waals surface area contributed by atoms with Crippen molar-refractivity contribution in [3.63, 3.8) is 0 Å². The van der Waals surface area contributed by atoms with Gasteiger partial charge in [-0.1, -0.05) is 0 Å². The Morgan fingerprint density at radius 2 is 2.14 bits per heavy atom. The van der Waals surface area contributed by atoms with Crippen molar-refractivity contribution in [2.24, 2.45) is 0 Å². The molecule has 0 aromatic heterocycles. The topological polar surface area (TPSA) is 9.23 Å². The Balaban J connectivity index is 2.45. The Morgan fingerprint density at radius 3 is 2.57 bits per heavy atom. The van der Waals surface area contributed by atoms with Gasteiger partial charge in [0.1, 0.15) is 0 Å². The first kappa shape index (κ1) is 8.06. The summed E-state index contributed by atoms with van der Waals surface area (Å²) in [5.74, 6) is 0. The summed E-state index contributed by atoms with van der Waals surface area (Å²) in [6.45, 7) is 3.18. The molecule has 0 saturated heterocycles. The van der Waals surface area contributed by atoms with E-state index in [1.54, 1.807) is 0 Å². The van der Waals surface area contributed by atoms with E-state index in [0.717, 1.165) is 38.1 Å². The van der Waals surface area contributed by atoms with Crippen LogP contribution in [-0.2, 0) is 33.5 Å². The second-order valence-electron chi connectivity index (χ2n) is 1.58. The van der Waals surface area contributed by atoms with Gasteiger partial charge in [0.05, 0.1) is 0 Å². The molecule has 0 atom stereocenters. The molecule has 0 aliphatic rings. The molecule has 0 aliphatic heterocycles. The molecule has 0 spiro atoms. The zero-order valence-electron chi connectivity index (χ0n) is 4.81. The van der Waals surface area contributed by atoms with E-state index in [9.17, 15) is 0 Å². The normalized spacial score (nSPS) is 9.14. The van der Waals surface area contributed by atoms with E-state index in [1.807, 2.05) is 0 Å². The predicted molar refractivity (Wildman–Crippen MR) is 25.5 cm³/mol. The van der Waals surface area contributed by atoms with E-state index in [0.29, 0.717) is 0 Å². The molecule has 0 fully saturated rings. The van der Waals surface area contributed by atoms with Gasteiger partial charge in [-0.2, -0.15) is 0 Å². The first-order chi connectivity index (χ1) is 3.41. The molecule has 0 saturated carbocycles. The molecule has 0 aromatic rings. The van der Waals surface area contributed by atoms with Crippen molar-refractivity contribution in [2.75, 3.05) is 6.61 Å². The molecule has 0 unspecified atom stereocenters. The van der Waals surface area contributed by atoms with Crippen molar-refractivity contribution in [1.82, 2.24) is 0 Å². The van der Waals surface area contributed by atoms with E-state index in [-0.39, 0.29) is 0 Å². The second-order valence-corrected chi connectivity index (χ2v) is 2.40. The Morgan fingerprint density at radius 1 is 1.43 bits per heavy atom. The SMILES string of the molecule is CCCCC[O][Y]. The third-order valence-corrected chi connectivity index (χ3v) is 1.45. The van der Waals surface area contributed by atoms with Gasteiger partial charge in [-0.15, -0.1) is 0 Å². The third kappa shape index (κ3) is 7.06. The molecule has 2 heteroatoms. The molecule has 1 nitrogen and oxygen atoms in total. The van der Waals surface area contributed by atoms with Crippen molar-refractivity contribution in [2.45, 2.75) is 26.2 Å². The Hall–Kier alpha value is 1.06. The minimum absolute atomic E-state index is 0.960. The van der Waals surface area contributed by atoms with Gasteiger partial charge in [-0.25, -0.2) is 0 Å². The van der Waals surface area contributed by atoms with Gasteiger partial charge in [0.25, 0.3) is 0 Å². The fourth-order valence-electron chi connectivity index (χ4n) is 0.435. The van der Waals surface area contributed by atoms with Crippen LogP contribution in [-0.4, -0.2) is 6.61 Å². The first-order valence-corrected chi connectivity index (χ1v) is 3.89. The molecule has 0 heterocycles.